The predicted molar refractivity (Wildman–Crippen MR) is 73.0 cm³/mol. The highest BCUT2D eigenvalue weighted by atomic mass is 15.1. The van der Waals surface area contributed by atoms with Crippen LogP contribution in [-0.2, 0) is 0 Å². The number of aromatic nitrogens is 1. The highest BCUT2D eigenvalue weighted by Gasteiger charge is 2.10. The van der Waals surface area contributed by atoms with Crippen molar-refractivity contribution in [3.63, 3.8) is 0 Å². The maximum atomic E-state index is 9.25. The lowest BCUT2D eigenvalue weighted by Gasteiger charge is -2.07. The fraction of sp³-hybridized carbons (Fsp3) is 0.214. The van der Waals surface area contributed by atoms with E-state index in [0.717, 1.165) is 16.5 Å². The Morgan fingerprint density at radius 3 is 2.72 bits per heavy atom. The number of para-hydroxylation sites is 1. The standard InChI is InChI=1S/C14H14N4/c1-10-11-6-4-5-7-13(11)17-14(12(10)8-15)16-9-18(2)3/h4-7,9H,1-3H3. The van der Waals surface area contributed by atoms with Gasteiger partial charge in [-0.15, -0.1) is 0 Å². The lowest BCUT2D eigenvalue weighted by atomic mass is 10.1. The Balaban J connectivity index is 2.70. The fourth-order valence-corrected chi connectivity index (χ4v) is 1.76. The van der Waals surface area contributed by atoms with E-state index in [-0.39, 0.29) is 0 Å². The van der Waals surface area contributed by atoms with E-state index in [1.165, 1.54) is 0 Å². The molecule has 0 atom stereocenters. The summed E-state index contributed by atoms with van der Waals surface area (Å²) in [5.74, 6) is 0.474. The molecule has 0 amide bonds. The molecule has 2 rings (SSSR count). The molecule has 18 heavy (non-hydrogen) atoms. The van der Waals surface area contributed by atoms with Crippen molar-refractivity contribution in [3.8, 4) is 6.07 Å². The first-order chi connectivity index (χ1) is 8.63. The van der Waals surface area contributed by atoms with Crippen LogP contribution in [0.3, 0.4) is 0 Å². The van der Waals surface area contributed by atoms with Crippen LogP contribution >= 0.6 is 0 Å². The SMILES string of the molecule is Cc1c(C#N)c(N=CN(C)C)nc2ccccc12. The number of rotatable bonds is 2. The maximum absolute atomic E-state index is 9.25. The predicted octanol–water partition coefficient (Wildman–Crippen LogP) is 2.64. The fourth-order valence-electron chi connectivity index (χ4n) is 1.76. The van der Waals surface area contributed by atoms with Crippen LogP contribution in [0, 0.1) is 18.3 Å². The van der Waals surface area contributed by atoms with E-state index in [0.29, 0.717) is 11.4 Å². The third-order valence-electron chi connectivity index (χ3n) is 2.66. The molecule has 1 aromatic carbocycles. The quantitative estimate of drug-likeness (QED) is 0.597. The molecule has 2 aromatic rings. The molecule has 0 saturated heterocycles. The van der Waals surface area contributed by atoms with Crippen LogP contribution < -0.4 is 0 Å². The van der Waals surface area contributed by atoms with Crippen LogP contribution in [0.5, 0.6) is 0 Å². The van der Waals surface area contributed by atoms with Gasteiger partial charge < -0.3 is 4.90 Å². The van der Waals surface area contributed by atoms with E-state index in [2.05, 4.69) is 16.0 Å². The second-order valence-electron chi connectivity index (χ2n) is 4.27. The first-order valence-corrected chi connectivity index (χ1v) is 5.63. The average molecular weight is 238 g/mol. The Labute approximate surface area is 106 Å². The Morgan fingerprint density at radius 1 is 1.33 bits per heavy atom. The largest absolute Gasteiger partial charge is 0.369 e. The van der Waals surface area contributed by atoms with Crippen molar-refractivity contribution in [1.82, 2.24) is 9.88 Å². The number of benzene rings is 1. The van der Waals surface area contributed by atoms with Gasteiger partial charge in [-0.1, -0.05) is 18.2 Å². The van der Waals surface area contributed by atoms with Crippen molar-refractivity contribution in [2.24, 2.45) is 4.99 Å². The summed E-state index contributed by atoms with van der Waals surface area (Å²) < 4.78 is 0. The highest BCUT2D eigenvalue weighted by molar-refractivity contribution is 5.86. The number of nitriles is 1. The zero-order valence-electron chi connectivity index (χ0n) is 10.7. The molecule has 0 spiro atoms. The molecule has 4 nitrogen and oxygen atoms in total. The normalized spacial score (nSPS) is 10.8. The third-order valence-corrected chi connectivity index (χ3v) is 2.66. The summed E-state index contributed by atoms with van der Waals surface area (Å²) in [5, 5.41) is 10.2. The summed E-state index contributed by atoms with van der Waals surface area (Å²) in [6.45, 7) is 1.93. The van der Waals surface area contributed by atoms with Crippen molar-refractivity contribution >= 4 is 23.1 Å². The van der Waals surface area contributed by atoms with Gasteiger partial charge in [0, 0.05) is 19.5 Å². The van der Waals surface area contributed by atoms with Crippen LogP contribution in [0.25, 0.3) is 10.9 Å². The smallest absolute Gasteiger partial charge is 0.172 e. The summed E-state index contributed by atoms with van der Waals surface area (Å²) in [6, 6.07) is 9.96. The van der Waals surface area contributed by atoms with Crippen molar-refractivity contribution in [1.29, 1.82) is 5.26 Å². The molecular weight excluding hydrogens is 224 g/mol. The van der Waals surface area contributed by atoms with Crippen LogP contribution in [0.15, 0.2) is 29.3 Å². The van der Waals surface area contributed by atoms with Crippen LogP contribution in [-0.4, -0.2) is 30.3 Å². The van der Waals surface area contributed by atoms with Crippen molar-refractivity contribution in [2.45, 2.75) is 6.92 Å². The minimum atomic E-state index is 0.474. The number of pyridine rings is 1. The van der Waals surface area contributed by atoms with Gasteiger partial charge in [-0.05, 0) is 18.6 Å². The molecule has 4 heteroatoms. The lowest BCUT2D eigenvalue weighted by Crippen LogP contribution is -2.07. The van der Waals surface area contributed by atoms with E-state index in [1.807, 2.05) is 50.2 Å². The van der Waals surface area contributed by atoms with Crippen LogP contribution in [0.2, 0.25) is 0 Å². The monoisotopic (exact) mass is 238 g/mol. The zero-order chi connectivity index (χ0) is 13.1. The molecule has 0 aliphatic carbocycles. The molecule has 1 aromatic heterocycles. The number of fused-ring (bicyclic) bond motifs is 1. The topological polar surface area (TPSA) is 52.3 Å². The summed E-state index contributed by atoms with van der Waals surface area (Å²) in [4.78, 5) is 10.5. The van der Waals surface area contributed by atoms with Gasteiger partial charge in [0.15, 0.2) is 5.82 Å². The summed E-state index contributed by atoms with van der Waals surface area (Å²) >= 11 is 0. The maximum Gasteiger partial charge on any atom is 0.172 e. The molecular formula is C14H14N4. The van der Waals surface area contributed by atoms with E-state index in [9.17, 15) is 5.26 Å². The molecule has 1 heterocycles. The van der Waals surface area contributed by atoms with E-state index < -0.39 is 0 Å². The van der Waals surface area contributed by atoms with Gasteiger partial charge in [0.25, 0.3) is 0 Å². The molecule has 0 aliphatic heterocycles. The molecule has 0 aliphatic rings. The first kappa shape index (κ1) is 12.1. The minimum Gasteiger partial charge on any atom is -0.369 e. The number of aliphatic imine (C=N–C) groups is 1. The zero-order valence-corrected chi connectivity index (χ0v) is 10.7. The van der Waals surface area contributed by atoms with Gasteiger partial charge in [0.2, 0.25) is 0 Å². The second kappa shape index (κ2) is 4.84. The highest BCUT2D eigenvalue weighted by Crippen LogP contribution is 2.26. The second-order valence-corrected chi connectivity index (χ2v) is 4.27. The number of hydrogen-bond acceptors (Lipinski definition) is 3. The average Bonchev–Trinajstić information content (AvgIpc) is 2.36. The number of aryl methyl sites for hydroxylation is 1. The van der Waals surface area contributed by atoms with Gasteiger partial charge in [-0.25, -0.2) is 9.98 Å². The first-order valence-electron chi connectivity index (χ1n) is 5.63. The molecule has 0 fully saturated rings. The van der Waals surface area contributed by atoms with Gasteiger partial charge in [-0.3, -0.25) is 0 Å². The molecule has 0 saturated carbocycles. The van der Waals surface area contributed by atoms with Crippen molar-refractivity contribution in [3.05, 3.63) is 35.4 Å². The number of hydrogen-bond donors (Lipinski definition) is 0. The summed E-state index contributed by atoms with van der Waals surface area (Å²) in [6.07, 6.45) is 1.65. The Bertz CT molecular complexity index is 651. The molecule has 90 valence electrons. The van der Waals surface area contributed by atoms with Gasteiger partial charge in [0.1, 0.15) is 11.6 Å². The minimum absolute atomic E-state index is 0.474. The lowest BCUT2D eigenvalue weighted by molar-refractivity contribution is 0.643. The Hall–Kier alpha value is -2.41. The van der Waals surface area contributed by atoms with E-state index in [1.54, 1.807) is 6.34 Å². The van der Waals surface area contributed by atoms with E-state index in [4.69, 9.17) is 0 Å². The van der Waals surface area contributed by atoms with Crippen molar-refractivity contribution in [2.75, 3.05) is 14.1 Å². The Morgan fingerprint density at radius 2 is 2.06 bits per heavy atom. The molecule has 0 radical (unpaired) electrons. The van der Waals surface area contributed by atoms with Gasteiger partial charge in [-0.2, -0.15) is 5.26 Å². The van der Waals surface area contributed by atoms with Crippen molar-refractivity contribution < 1.29 is 0 Å². The van der Waals surface area contributed by atoms with Gasteiger partial charge >= 0.3 is 0 Å². The molecule has 0 N–H and O–H groups in total. The summed E-state index contributed by atoms with van der Waals surface area (Å²) in [7, 11) is 3.76. The molecule has 0 unspecified atom stereocenters. The van der Waals surface area contributed by atoms with Crippen LogP contribution in [0.1, 0.15) is 11.1 Å². The molecule has 0 bridgehead atoms. The van der Waals surface area contributed by atoms with Crippen LogP contribution in [0.4, 0.5) is 5.82 Å². The Kier molecular flexibility index (Phi) is 3.24. The van der Waals surface area contributed by atoms with E-state index >= 15 is 0 Å². The third kappa shape index (κ3) is 2.16. The summed E-state index contributed by atoms with van der Waals surface area (Å²) in [5.41, 5.74) is 2.32. The van der Waals surface area contributed by atoms with Gasteiger partial charge in [0.05, 0.1) is 11.9 Å². The number of nitrogens with zero attached hydrogens (tertiary/aromatic N) is 4.